The second-order valence-corrected chi connectivity index (χ2v) is 7.15. The second-order valence-electron chi connectivity index (χ2n) is 5.76. The van der Waals surface area contributed by atoms with Gasteiger partial charge in [0.15, 0.2) is 0 Å². The van der Waals surface area contributed by atoms with Crippen molar-refractivity contribution in [3.8, 4) is 5.75 Å². The molecule has 7 heteroatoms. The molecular weight excluding hydrogens is 372 g/mol. The molecule has 0 saturated carbocycles. The first-order chi connectivity index (χ1) is 12.4. The van der Waals surface area contributed by atoms with Gasteiger partial charge in [-0.15, -0.1) is 11.8 Å². The Morgan fingerprint density at radius 1 is 1.04 bits per heavy atom. The van der Waals surface area contributed by atoms with Crippen LogP contribution in [0.25, 0.3) is 0 Å². The van der Waals surface area contributed by atoms with Crippen LogP contribution in [0, 0.1) is 13.8 Å². The van der Waals surface area contributed by atoms with E-state index in [-0.39, 0.29) is 23.3 Å². The highest BCUT2D eigenvalue weighted by molar-refractivity contribution is 8.00. The van der Waals surface area contributed by atoms with Crippen LogP contribution in [0.15, 0.2) is 36.4 Å². The number of carbonyl (C=O) groups is 2. The van der Waals surface area contributed by atoms with Gasteiger partial charge in [-0.3, -0.25) is 9.59 Å². The number of rotatable bonds is 7. The van der Waals surface area contributed by atoms with Crippen LogP contribution in [0.4, 0.5) is 11.4 Å². The van der Waals surface area contributed by atoms with E-state index >= 15 is 0 Å². The molecule has 0 aliphatic rings. The quantitative estimate of drug-likeness (QED) is 0.738. The fraction of sp³-hybridized carbons (Fsp3) is 0.263. The summed E-state index contributed by atoms with van der Waals surface area (Å²) < 4.78 is 5.07. The third-order valence-electron chi connectivity index (χ3n) is 3.56. The van der Waals surface area contributed by atoms with Gasteiger partial charge in [0.05, 0.1) is 23.6 Å². The molecule has 2 aromatic rings. The number of hydrogen-bond acceptors (Lipinski definition) is 4. The molecule has 26 heavy (non-hydrogen) atoms. The first-order valence-corrected chi connectivity index (χ1v) is 9.50. The Morgan fingerprint density at radius 3 is 2.35 bits per heavy atom. The van der Waals surface area contributed by atoms with Crippen molar-refractivity contribution < 1.29 is 14.3 Å². The smallest absolute Gasteiger partial charge is 0.234 e. The first-order valence-electron chi connectivity index (χ1n) is 7.97. The molecule has 0 spiro atoms. The summed E-state index contributed by atoms with van der Waals surface area (Å²) in [5.41, 5.74) is 3.53. The number of amides is 2. The molecule has 0 fully saturated rings. The molecule has 0 heterocycles. The van der Waals surface area contributed by atoms with Crippen LogP contribution in [0.1, 0.15) is 11.1 Å². The second kappa shape index (κ2) is 9.50. The first kappa shape index (κ1) is 20.1. The van der Waals surface area contributed by atoms with Crippen molar-refractivity contribution in [2.75, 3.05) is 29.2 Å². The standard InChI is InChI=1S/C19H21ClN2O3S/c1-12-4-6-16(13(2)8-12)22-19(24)11-26-10-18(23)21-14-5-7-17(25-3)15(20)9-14/h4-9H,10-11H2,1-3H3,(H,21,23)(H,22,24). The van der Waals surface area contributed by atoms with Crippen LogP contribution in [0.5, 0.6) is 5.75 Å². The fourth-order valence-electron chi connectivity index (χ4n) is 2.32. The lowest BCUT2D eigenvalue weighted by Crippen LogP contribution is -2.18. The van der Waals surface area contributed by atoms with Crippen molar-refractivity contribution in [2.45, 2.75) is 13.8 Å². The van der Waals surface area contributed by atoms with Crippen molar-refractivity contribution in [3.63, 3.8) is 0 Å². The average Bonchev–Trinajstić information content (AvgIpc) is 2.57. The lowest BCUT2D eigenvalue weighted by Gasteiger charge is -2.10. The Labute approximate surface area is 162 Å². The summed E-state index contributed by atoms with van der Waals surface area (Å²) in [5.74, 6) is 0.577. The topological polar surface area (TPSA) is 67.4 Å². The largest absolute Gasteiger partial charge is 0.495 e. The molecule has 0 radical (unpaired) electrons. The van der Waals surface area contributed by atoms with Crippen LogP contribution < -0.4 is 15.4 Å². The van der Waals surface area contributed by atoms with Gasteiger partial charge < -0.3 is 15.4 Å². The number of benzene rings is 2. The zero-order valence-corrected chi connectivity index (χ0v) is 16.5. The minimum absolute atomic E-state index is 0.137. The molecule has 0 aliphatic carbocycles. The third kappa shape index (κ3) is 5.97. The predicted molar refractivity (Wildman–Crippen MR) is 109 cm³/mol. The lowest BCUT2D eigenvalue weighted by molar-refractivity contribution is -0.114. The average molecular weight is 393 g/mol. The van der Waals surface area contributed by atoms with Crippen molar-refractivity contribution >= 4 is 46.6 Å². The van der Waals surface area contributed by atoms with Gasteiger partial charge in [0.2, 0.25) is 11.8 Å². The fourth-order valence-corrected chi connectivity index (χ4v) is 3.19. The van der Waals surface area contributed by atoms with Gasteiger partial charge in [-0.1, -0.05) is 29.3 Å². The summed E-state index contributed by atoms with van der Waals surface area (Å²) in [5, 5.41) is 6.02. The molecule has 0 aliphatic heterocycles. The van der Waals surface area contributed by atoms with Crippen molar-refractivity contribution in [2.24, 2.45) is 0 Å². The molecule has 138 valence electrons. The van der Waals surface area contributed by atoms with E-state index in [9.17, 15) is 9.59 Å². The van der Waals surface area contributed by atoms with E-state index in [1.807, 2.05) is 32.0 Å². The maximum atomic E-state index is 12.0. The van der Waals surface area contributed by atoms with E-state index in [0.717, 1.165) is 16.8 Å². The maximum Gasteiger partial charge on any atom is 0.234 e. The summed E-state index contributed by atoms with van der Waals surface area (Å²) in [6.07, 6.45) is 0. The Morgan fingerprint density at radius 2 is 1.73 bits per heavy atom. The Balaban J connectivity index is 1.77. The number of aryl methyl sites for hydroxylation is 2. The van der Waals surface area contributed by atoms with Crippen LogP contribution in [-0.4, -0.2) is 30.4 Å². The number of hydrogen-bond donors (Lipinski definition) is 2. The number of carbonyl (C=O) groups excluding carboxylic acids is 2. The lowest BCUT2D eigenvalue weighted by atomic mass is 10.1. The normalized spacial score (nSPS) is 10.3. The molecule has 5 nitrogen and oxygen atoms in total. The Kier molecular flexibility index (Phi) is 7.36. The van der Waals surface area contributed by atoms with E-state index in [0.29, 0.717) is 16.5 Å². The van der Waals surface area contributed by atoms with Gasteiger partial charge in [0.1, 0.15) is 5.75 Å². The highest BCUT2D eigenvalue weighted by atomic mass is 35.5. The number of ether oxygens (including phenoxy) is 1. The summed E-state index contributed by atoms with van der Waals surface area (Å²) in [4.78, 5) is 24.0. The minimum atomic E-state index is -0.199. The Bertz CT molecular complexity index is 811. The van der Waals surface area contributed by atoms with E-state index < -0.39 is 0 Å². The maximum absolute atomic E-state index is 12.0. The van der Waals surface area contributed by atoms with Gasteiger partial charge in [0, 0.05) is 11.4 Å². The van der Waals surface area contributed by atoms with E-state index in [1.165, 1.54) is 18.9 Å². The molecule has 0 bridgehead atoms. The van der Waals surface area contributed by atoms with Gasteiger partial charge in [0.25, 0.3) is 0 Å². The molecule has 2 amide bonds. The molecule has 0 atom stereocenters. The van der Waals surface area contributed by atoms with Gasteiger partial charge >= 0.3 is 0 Å². The number of halogens is 1. The SMILES string of the molecule is COc1ccc(NC(=O)CSCC(=O)Nc2ccc(C)cc2C)cc1Cl. The van der Waals surface area contributed by atoms with Gasteiger partial charge in [-0.25, -0.2) is 0 Å². The molecule has 0 unspecified atom stereocenters. The molecule has 2 rings (SSSR count). The molecule has 0 saturated heterocycles. The van der Waals surface area contributed by atoms with Crippen molar-refractivity contribution in [3.05, 3.63) is 52.5 Å². The van der Waals surface area contributed by atoms with Crippen LogP contribution in [0.3, 0.4) is 0 Å². The third-order valence-corrected chi connectivity index (χ3v) is 4.79. The zero-order chi connectivity index (χ0) is 19.1. The molecule has 0 aromatic heterocycles. The monoisotopic (exact) mass is 392 g/mol. The number of methoxy groups -OCH3 is 1. The number of thioether (sulfide) groups is 1. The molecule has 2 aromatic carbocycles. The Hall–Kier alpha value is -2.18. The number of nitrogens with one attached hydrogen (secondary N) is 2. The summed E-state index contributed by atoms with van der Waals surface area (Å²) >= 11 is 7.27. The van der Waals surface area contributed by atoms with E-state index in [1.54, 1.807) is 18.2 Å². The van der Waals surface area contributed by atoms with Gasteiger partial charge in [-0.05, 0) is 43.7 Å². The van der Waals surface area contributed by atoms with E-state index in [2.05, 4.69) is 10.6 Å². The zero-order valence-electron chi connectivity index (χ0n) is 14.9. The van der Waals surface area contributed by atoms with Crippen molar-refractivity contribution in [1.29, 1.82) is 0 Å². The van der Waals surface area contributed by atoms with Crippen molar-refractivity contribution in [1.82, 2.24) is 0 Å². The summed E-state index contributed by atoms with van der Waals surface area (Å²) in [6, 6.07) is 10.9. The summed E-state index contributed by atoms with van der Waals surface area (Å²) in [7, 11) is 1.53. The van der Waals surface area contributed by atoms with E-state index in [4.69, 9.17) is 16.3 Å². The minimum Gasteiger partial charge on any atom is -0.495 e. The predicted octanol–water partition coefficient (Wildman–Crippen LogP) is 4.28. The van der Waals surface area contributed by atoms with Gasteiger partial charge in [-0.2, -0.15) is 0 Å². The van der Waals surface area contributed by atoms with Crippen LogP contribution >= 0.6 is 23.4 Å². The van der Waals surface area contributed by atoms with Crippen LogP contribution in [-0.2, 0) is 9.59 Å². The van der Waals surface area contributed by atoms with Crippen LogP contribution in [0.2, 0.25) is 5.02 Å². The highest BCUT2D eigenvalue weighted by Crippen LogP contribution is 2.27. The molecular formula is C19H21ClN2O3S. The highest BCUT2D eigenvalue weighted by Gasteiger charge is 2.09. The summed E-state index contributed by atoms with van der Waals surface area (Å²) in [6.45, 7) is 3.95. The molecule has 2 N–H and O–H groups in total. The number of anilines is 2.